The zero-order valence-electron chi connectivity index (χ0n) is 16.3. The van der Waals surface area contributed by atoms with Gasteiger partial charge in [-0.15, -0.1) is 0 Å². The first-order valence-corrected chi connectivity index (χ1v) is 9.56. The average Bonchev–Trinajstić information content (AvgIpc) is 2.60. The molecule has 0 radical (unpaired) electrons. The van der Waals surface area contributed by atoms with E-state index in [4.69, 9.17) is 9.47 Å². The molecule has 0 spiro atoms. The van der Waals surface area contributed by atoms with Crippen molar-refractivity contribution in [1.29, 1.82) is 5.26 Å². The van der Waals surface area contributed by atoms with Gasteiger partial charge in [0.1, 0.15) is 17.4 Å². The third-order valence-corrected chi connectivity index (χ3v) is 4.67. The summed E-state index contributed by atoms with van der Waals surface area (Å²) in [4.78, 5) is 13.1. The van der Waals surface area contributed by atoms with Gasteiger partial charge in [-0.05, 0) is 63.6 Å². The number of carbonyl (C=O) groups excluding carboxylic acids is 1. The number of carbonyl (C=O) groups is 1. The maximum Gasteiger partial charge on any atom is 0.256 e. The molecule has 1 fully saturated rings. The molecule has 2 atom stereocenters. The highest BCUT2D eigenvalue weighted by atomic mass is 16.5. The molecule has 1 aliphatic carbocycles. The first-order valence-electron chi connectivity index (χ1n) is 9.56. The van der Waals surface area contributed by atoms with E-state index in [0.717, 1.165) is 32.1 Å². The minimum absolute atomic E-state index is 0.0167. The molecule has 5 heteroatoms. The molecule has 0 saturated heterocycles. The number of nitrogens with zero attached hydrogens (tertiary/aromatic N) is 1. The monoisotopic (exact) mass is 358 g/mol. The summed E-state index contributed by atoms with van der Waals surface area (Å²) in [6, 6.07) is 7.31. The van der Waals surface area contributed by atoms with Crippen molar-refractivity contribution in [2.75, 3.05) is 11.9 Å². The van der Waals surface area contributed by atoms with Crippen molar-refractivity contribution in [3.05, 3.63) is 23.8 Å². The minimum Gasteiger partial charge on any atom is -0.490 e. The van der Waals surface area contributed by atoms with Crippen molar-refractivity contribution >= 4 is 11.6 Å². The number of nitriles is 1. The molecular weight excluding hydrogens is 328 g/mol. The summed E-state index contributed by atoms with van der Waals surface area (Å²) < 4.78 is 11.7. The number of amides is 1. The van der Waals surface area contributed by atoms with Crippen molar-refractivity contribution in [1.82, 2.24) is 0 Å². The normalized spacial score (nSPS) is 22.7. The van der Waals surface area contributed by atoms with Gasteiger partial charge >= 0.3 is 0 Å². The number of benzene rings is 1. The SMILES string of the molecule is CCCO[C@@]1(C(=O)Nc2ccc(OC(C)C)c(C#N)c2)CCC[C@@H](C)C1. The Balaban J connectivity index is 2.19. The number of ether oxygens (including phenoxy) is 2. The van der Waals surface area contributed by atoms with E-state index in [9.17, 15) is 10.1 Å². The summed E-state index contributed by atoms with van der Waals surface area (Å²) >= 11 is 0. The smallest absolute Gasteiger partial charge is 0.256 e. The van der Waals surface area contributed by atoms with Crippen LogP contribution >= 0.6 is 0 Å². The quantitative estimate of drug-likeness (QED) is 0.769. The predicted molar refractivity (Wildman–Crippen MR) is 102 cm³/mol. The van der Waals surface area contributed by atoms with Gasteiger partial charge in [0.2, 0.25) is 0 Å². The highest BCUT2D eigenvalue weighted by Crippen LogP contribution is 2.36. The van der Waals surface area contributed by atoms with Crippen LogP contribution < -0.4 is 10.1 Å². The second kappa shape index (κ2) is 9.05. The van der Waals surface area contributed by atoms with E-state index < -0.39 is 5.60 Å². The molecule has 0 heterocycles. The predicted octanol–water partition coefficient (Wildman–Crippen LogP) is 4.66. The average molecular weight is 358 g/mol. The van der Waals surface area contributed by atoms with E-state index in [1.54, 1.807) is 18.2 Å². The van der Waals surface area contributed by atoms with Gasteiger partial charge in [-0.1, -0.05) is 20.3 Å². The van der Waals surface area contributed by atoms with Crippen molar-refractivity contribution in [3.63, 3.8) is 0 Å². The van der Waals surface area contributed by atoms with Crippen LogP contribution in [0.4, 0.5) is 5.69 Å². The lowest BCUT2D eigenvalue weighted by Gasteiger charge is -2.38. The van der Waals surface area contributed by atoms with Crippen molar-refractivity contribution in [2.24, 2.45) is 5.92 Å². The van der Waals surface area contributed by atoms with Crippen LogP contribution in [0.15, 0.2) is 18.2 Å². The number of rotatable bonds is 7. The molecule has 1 aromatic rings. The molecule has 1 saturated carbocycles. The highest BCUT2D eigenvalue weighted by molar-refractivity contribution is 5.97. The molecular formula is C21H30N2O3. The Bertz CT molecular complexity index is 666. The highest BCUT2D eigenvalue weighted by Gasteiger charge is 2.42. The summed E-state index contributed by atoms with van der Waals surface area (Å²) in [7, 11) is 0. The van der Waals surface area contributed by atoms with Crippen LogP contribution in [-0.4, -0.2) is 24.2 Å². The van der Waals surface area contributed by atoms with Gasteiger partial charge in [-0.3, -0.25) is 4.79 Å². The van der Waals surface area contributed by atoms with Gasteiger partial charge in [0.05, 0.1) is 11.7 Å². The molecule has 2 rings (SSSR count). The fourth-order valence-corrected chi connectivity index (χ4v) is 3.50. The fraction of sp³-hybridized carbons (Fsp3) is 0.619. The molecule has 0 aliphatic heterocycles. The number of nitrogens with one attached hydrogen (secondary N) is 1. The fourth-order valence-electron chi connectivity index (χ4n) is 3.50. The molecule has 1 amide bonds. The first-order chi connectivity index (χ1) is 12.4. The summed E-state index contributed by atoms with van der Waals surface area (Å²) in [6.45, 7) is 8.61. The van der Waals surface area contributed by atoms with Crippen molar-refractivity contribution in [3.8, 4) is 11.8 Å². The van der Waals surface area contributed by atoms with Crippen LogP contribution in [0.3, 0.4) is 0 Å². The largest absolute Gasteiger partial charge is 0.490 e. The van der Waals surface area contributed by atoms with E-state index in [1.165, 1.54) is 0 Å². The van der Waals surface area contributed by atoms with Crippen LogP contribution in [-0.2, 0) is 9.53 Å². The zero-order valence-corrected chi connectivity index (χ0v) is 16.3. The summed E-state index contributed by atoms with van der Waals surface area (Å²) in [5.74, 6) is 0.880. The lowest BCUT2D eigenvalue weighted by Crippen LogP contribution is -2.48. The molecule has 1 aliphatic rings. The van der Waals surface area contributed by atoms with Crippen LogP contribution in [0.5, 0.6) is 5.75 Å². The minimum atomic E-state index is -0.770. The molecule has 5 nitrogen and oxygen atoms in total. The van der Waals surface area contributed by atoms with Gasteiger partial charge < -0.3 is 14.8 Å². The summed E-state index contributed by atoms with van der Waals surface area (Å²) in [5, 5.41) is 12.3. The maximum absolute atomic E-state index is 13.1. The van der Waals surface area contributed by atoms with Crippen LogP contribution in [0.2, 0.25) is 0 Å². The molecule has 1 N–H and O–H groups in total. The molecule has 142 valence electrons. The molecule has 0 unspecified atom stereocenters. The lowest BCUT2D eigenvalue weighted by atomic mass is 9.78. The summed E-state index contributed by atoms with van der Waals surface area (Å²) in [5.41, 5.74) is 0.241. The molecule has 1 aromatic carbocycles. The third kappa shape index (κ3) is 4.98. The summed E-state index contributed by atoms with van der Waals surface area (Å²) in [6.07, 6.45) is 4.45. The third-order valence-electron chi connectivity index (χ3n) is 4.67. The van der Waals surface area contributed by atoms with Gasteiger partial charge in [0.15, 0.2) is 0 Å². The van der Waals surface area contributed by atoms with Crippen LogP contribution in [0, 0.1) is 17.2 Å². The molecule has 26 heavy (non-hydrogen) atoms. The van der Waals surface area contributed by atoms with E-state index in [0.29, 0.717) is 29.5 Å². The molecule has 0 aromatic heterocycles. The van der Waals surface area contributed by atoms with E-state index in [1.807, 2.05) is 20.8 Å². The Morgan fingerprint density at radius 1 is 1.46 bits per heavy atom. The Hall–Kier alpha value is -2.06. The number of hydrogen-bond acceptors (Lipinski definition) is 4. The first kappa shape index (κ1) is 20.3. The second-order valence-electron chi connectivity index (χ2n) is 7.49. The maximum atomic E-state index is 13.1. The van der Waals surface area contributed by atoms with Gasteiger partial charge in [-0.25, -0.2) is 0 Å². The Labute approximate surface area is 156 Å². The topological polar surface area (TPSA) is 71.3 Å². The van der Waals surface area contributed by atoms with Gasteiger partial charge in [0.25, 0.3) is 5.91 Å². The second-order valence-corrected chi connectivity index (χ2v) is 7.49. The lowest BCUT2D eigenvalue weighted by molar-refractivity contribution is -0.148. The number of hydrogen-bond donors (Lipinski definition) is 1. The van der Waals surface area contributed by atoms with E-state index >= 15 is 0 Å². The Kier molecular flexibility index (Phi) is 7.05. The number of anilines is 1. The Morgan fingerprint density at radius 2 is 2.23 bits per heavy atom. The van der Waals surface area contributed by atoms with E-state index in [2.05, 4.69) is 18.3 Å². The standard InChI is InChI=1S/C21H30N2O3/c1-5-11-25-21(10-6-7-16(4)13-21)20(24)23-18-8-9-19(26-15(2)3)17(12-18)14-22/h8-9,12,15-16H,5-7,10-11,13H2,1-4H3,(H,23,24)/t16-,21+/m1/s1. The van der Waals surface area contributed by atoms with Gasteiger partial charge in [0, 0.05) is 12.3 Å². The van der Waals surface area contributed by atoms with E-state index in [-0.39, 0.29) is 12.0 Å². The van der Waals surface area contributed by atoms with Crippen LogP contribution in [0.1, 0.15) is 65.4 Å². The van der Waals surface area contributed by atoms with Gasteiger partial charge in [-0.2, -0.15) is 5.26 Å². The zero-order chi connectivity index (χ0) is 19.2. The van der Waals surface area contributed by atoms with Crippen LogP contribution in [0.25, 0.3) is 0 Å². The molecule has 0 bridgehead atoms. The van der Waals surface area contributed by atoms with Crippen molar-refractivity contribution in [2.45, 2.75) is 71.5 Å². The van der Waals surface area contributed by atoms with Crippen molar-refractivity contribution < 1.29 is 14.3 Å². The Morgan fingerprint density at radius 3 is 2.85 bits per heavy atom.